The van der Waals surface area contributed by atoms with E-state index in [4.69, 9.17) is 5.11 Å². The van der Waals surface area contributed by atoms with Crippen molar-refractivity contribution in [3.05, 3.63) is 54.1 Å². The van der Waals surface area contributed by atoms with Crippen LogP contribution in [0.15, 0.2) is 58.8 Å². The van der Waals surface area contributed by atoms with Crippen LogP contribution in [0, 0.1) is 0 Å². The van der Waals surface area contributed by atoms with E-state index in [1.807, 2.05) is 43.3 Å². The highest BCUT2D eigenvalue weighted by atomic mass is 16.4. The monoisotopic (exact) mass is 269 g/mol. The molecular weight excluding hydrogens is 254 g/mol. The molecule has 0 aliphatic heterocycles. The Morgan fingerprint density at radius 2 is 1.60 bits per heavy atom. The zero-order valence-corrected chi connectivity index (χ0v) is 11.3. The molecule has 0 aliphatic carbocycles. The topological polar surface area (TPSA) is 65.3 Å². The van der Waals surface area contributed by atoms with E-state index in [1.165, 1.54) is 12.1 Å². The van der Waals surface area contributed by atoms with Gasteiger partial charge in [-0.1, -0.05) is 12.1 Å². The molecule has 0 unspecified atom stereocenters. The molecule has 0 fully saturated rings. The summed E-state index contributed by atoms with van der Waals surface area (Å²) in [6.07, 6.45) is 0. The highest BCUT2D eigenvalue weighted by Crippen LogP contribution is 2.23. The van der Waals surface area contributed by atoms with Crippen LogP contribution in [0.2, 0.25) is 0 Å². The molecule has 2 rings (SSSR count). The van der Waals surface area contributed by atoms with Gasteiger partial charge < -0.3 is 10.0 Å². The zero-order valence-electron chi connectivity index (χ0n) is 11.3. The maximum absolute atomic E-state index is 10.9. The Morgan fingerprint density at radius 1 is 1.00 bits per heavy atom. The molecule has 1 N–H and O–H groups in total. The third-order valence-electron chi connectivity index (χ3n) is 2.72. The summed E-state index contributed by atoms with van der Waals surface area (Å²) in [5.74, 6) is -0.975. The minimum absolute atomic E-state index is 0.198. The second-order valence-corrected chi connectivity index (χ2v) is 4.47. The lowest BCUT2D eigenvalue weighted by atomic mass is 10.2. The molecule has 0 aliphatic rings. The van der Waals surface area contributed by atoms with Gasteiger partial charge in [0.1, 0.15) is 0 Å². The van der Waals surface area contributed by atoms with E-state index >= 15 is 0 Å². The van der Waals surface area contributed by atoms with Crippen molar-refractivity contribution < 1.29 is 9.90 Å². The third kappa shape index (κ3) is 3.41. The summed E-state index contributed by atoms with van der Waals surface area (Å²) in [4.78, 5) is 12.8. The minimum atomic E-state index is -0.975. The van der Waals surface area contributed by atoms with Gasteiger partial charge in [-0.25, -0.2) is 4.79 Å². The first-order chi connectivity index (χ1) is 9.56. The average molecular weight is 269 g/mol. The first kappa shape index (κ1) is 13.7. The van der Waals surface area contributed by atoms with Gasteiger partial charge in [0.25, 0.3) is 0 Å². The number of anilines is 1. The van der Waals surface area contributed by atoms with Crippen LogP contribution >= 0.6 is 0 Å². The Kier molecular flexibility index (Phi) is 4.10. The normalized spacial score (nSPS) is 10.7. The molecule has 5 nitrogen and oxygen atoms in total. The summed E-state index contributed by atoms with van der Waals surface area (Å²) in [5, 5.41) is 17.1. The van der Waals surface area contributed by atoms with Crippen LogP contribution in [0.1, 0.15) is 10.4 Å². The number of carboxylic acids is 1. The average Bonchev–Trinajstić information content (AvgIpc) is 2.45. The van der Waals surface area contributed by atoms with Gasteiger partial charge >= 0.3 is 5.97 Å². The van der Waals surface area contributed by atoms with Gasteiger partial charge in [-0.3, -0.25) is 0 Å². The van der Waals surface area contributed by atoms with E-state index in [-0.39, 0.29) is 5.56 Å². The summed E-state index contributed by atoms with van der Waals surface area (Å²) < 4.78 is 0. The van der Waals surface area contributed by atoms with Crippen molar-refractivity contribution in [1.82, 2.24) is 0 Å². The smallest absolute Gasteiger partial charge is 0.335 e. The van der Waals surface area contributed by atoms with Gasteiger partial charge in [0, 0.05) is 19.8 Å². The number of hydrogen-bond acceptors (Lipinski definition) is 4. The molecule has 0 heterocycles. The predicted octanol–water partition coefficient (Wildman–Crippen LogP) is 3.87. The fraction of sp³-hybridized carbons (Fsp3) is 0.133. The minimum Gasteiger partial charge on any atom is -0.478 e. The molecule has 0 amide bonds. The van der Waals surface area contributed by atoms with Gasteiger partial charge in [0.05, 0.1) is 16.9 Å². The van der Waals surface area contributed by atoms with Gasteiger partial charge in [-0.15, -0.1) is 0 Å². The van der Waals surface area contributed by atoms with E-state index in [0.29, 0.717) is 5.69 Å². The first-order valence-electron chi connectivity index (χ1n) is 6.09. The largest absolute Gasteiger partial charge is 0.478 e. The number of benzene rings is 2. The van der Waals surface area contributed by atoms with Crippen LogP contribution in [0.5, 0.6) is 0 Å². The molecule has 5 heteroatoms. The zero-order chi connectivity index (χ0) is 14.5. The van der Waals surface area contributed by atoms with Crippen LogP contribution in [-0.2, 0) is 0 Å². The second kappa shape index (κ2) is 5.97. The molecule has 2 aromatic rings. The maximum Gasteiger partial charge on any atom is 0.335 e. The quantitative estimate of drug-likeness (QED) is 0.857. The molecule has 2 aromatic carbocycles. The van der Waals surface area contributed by atoms with Crippen LogP contribution < -0.4 is 4.90 Å². The highest BCUT2D eigenvalue weighted by molar-refractivity contribution is 5.88. The van der Waals surface area contributed by atoms with E-state index in [1.54, 1.807) is 12.1 Å². The van der Waals surface area contributed by atoms with Crippen molar-refractivity contribution in [2.45, 2.75) is 0 Å². The van der Waals surface area contributed by atoms with Crippen molar-refractivity contribution in [2.75, 3.05) is 19.0 Å². The number of nitrogens with zero attached hydrogens (tertiary/aromatic N) is 3. The lowest BCUT2D eigenvalue weighted by molar-refractivity contribution is 0.0697. The Labute approximate surface area is 117 Å². The van der Waals surface area contributed by atoms with Crippen LogP contribution in [0.3, 0.4) is 0 Å². The molecular formula is C15H15N3O2. The molecule has 0 spiro atoms. The van der Waals surface area contributed by atoms with E-state index < -0.39 is 5.97 Å². The molecule has 0 saturated carbocycles. The Morgan fingerprint density at radius 3 is 2.20 bits per heavy atom. The molecule has 0 saturated heterocycles. The van der Waals surface area contributed by atoms with Crippen molar-refractivity contribution in [2.24, 2.45) is 10.2 Å². The number of carbonyl (C=O) groups is 1. The number of azo groups is 1. The van der Waals surface area contributed by atoms with Crippen molar-refractivity contribution >= 4 is 23.0 Å². The van der Waals surface area contributed by atoms with Gasteiger partial charge in [0.2, 0.25) is 0 Å². The number of carboxylic acid groups (broad SMARTS) is 1. The lowest BCUT2D eigenvalue weighted by Gasteiger charge is -2.11. The molecule has 20 heavy (non-hydrogen) atoms. The number of hydrogen-bond donors (Lipinski definition) is 1. The molecule has 0 radical (unpaired) electrons. The van der Waals surface area contributed by atoms with E-state index in [2.05, 4.69) is 10.2 Å². The first-order valence-corrected chi connectivity index (χ1v) is 6.09. The van der Waals surface area contributed by atoms with Crippen LogP contribution in [-0.4, -0.2) is 25.2 Å². The predicted molar refractivity (Wildman–Crippen MR) is 78.3 cm³/mol. The Balaban J connectivity index is 2.23. The summed E-state index contributed by atoms with van der Waals surface area (Å²) in [5.41, 5.74) is 2.46. The van der Waals surface area contributed by atoms with E-state index in [9.17, 15) is 4.79 Å². The van der Waals surface area contributed by atoms with Gasteiger partial charge in [-0.2, -0.15) is 10.2 Å². The molecule has 0 atom stereocenters. The Bertz CT molecular complexity index is 651. The van der Waals surface area contributed by atoms with Crippen LogP contribution in [0.4, 0.5) is 17.1 Å². The number of aromatic carboxylic acids is 1. The fourth-order valence-electron chi connectivity index (χ4n) is 1.65. The van der Waals surface area contributed by atoms with E-state index in [0.717, 1.165) is 11.4 Å². The maximum atomic E-state index is 10.9. The number of rotatable bonds is 4. The highest BCUT2D eigenvalue weighted by Gasteiger charge is 2.02. The summed E-state index contributed by atoms with van der Waals surface area (Å²) in [7, 11) is 3.90. The standard InChI is InChI=1S/C15H15N3O2/c1-18(2)14-8-4-7-13(10-14)17-16-12-6-3-5-11(9-12)15(19)20/h3-10H,1-2H3,(H,19,20). The molecule has 102 valence electrons. The fourth-order valence-corrected chi connectivity index (χ4v) is 1.65. The Hall–Kier alpha value is -2.69. The van der Waals surface area contributed by atoms with Crippen LogP contribution in [0.25, 0.3) is 0 Å². The molecule has 0 aromatic heterocycles. The molecule has 0 bridgehead atoms. The van der Waals surface area contributed by atoms with Gasteiger partial charge in [0.15, 0.2) is 0 Å². The van der Waals surface area contributed by atoms with Crippen molar-refractivity contribution in [3.63, 3.8) is 0 Å². The van der Waals surface area contributed by atoms with Crippen molar-refractivity contribution in [1.29, 1.82) is 0 Å². The van der Waals surface area contributed by atoms with Gasteiger partial charge in [-0.05, 0) is 36.4 Å². The van der Waals surface area contributed by atoms with Crippen molar-refractivity contribution in [3.8, 4) is 0 Å². The lowest BCUT2D eigenvalue weighted by Crippen LogP contribution is -2.07. The second-order valence-electron chi connectivity index (χ2n) is 4.47. The summed E-state index contributed by atoms with van der Waals surface area (Å²) in [6, 6.07) is 14.0. The summed E-state index contributed by atoms with van der Waals surface area (Å²) >= 11 is 0. The third-order valence-corrected chi connectivity index (χ3v) is 2.72. The SMILES string of the molecule is CN(C)c1cccc(N=Nc2cccc(C(=O)O)c2)c1. The summed E-state index contributed by atoms with van der Waals surface area (Å²) in [6.45, 7) is 0.